The number of hydrogen-bond acceptors (Lipinski definition) is 3. The van der Waals surface area contributed by atoms with Crippen LogP contribution in [0, 0.1) is 0 Å². The number of anilines is 1. The topological polar surface area (TPSA) is 68.8 Å². The Kier molecular flexibility index (Phi) is 8.91. The van der Waals surface area contributed by atoms with Crippen LogP contribution < -0.4 is 20.9 Å². The Bertz CT molecular complexity index is 637. The highest BCUT2D eigenvalue weighted by molar-refractivity contribution is 9.10. The maximum atomic E-state index is 11.9. The third-order valence-electron chi connectivity index (χ3n) is 4.69. The average molecular weight is 438 g/mol. The second-order valence-corrected chi connectivity index (χ2v) is 7.77. The second-order valence-electron chi connectivity index (χ2n) is 6.91. The van der Waals surface area contributed by atoms with E-state index in [1.54, 1.807) is 0 Å². The minimum absolute atomic E-state index is 0.0601. The maximum absolute atomic E-state index is 11.9. The highest BCUT2D eigenvalue weighted by Crippen LogP contribution is 2.28. The first kappa shape index (κ1) is 21.5. The molecule has 1 aromatic rings. The summed E-state index contributed by atoms with van der Waals surface area (Å²) in [5.41, 5.74) is 1.23. The molecule has 1 aliphatic rings. The summed E-state index contributed by atoms with van der Waals surface area (Å²) in [6, 6.07) is 8.87. The van der Waals surface area contributed by atoms with Gasteiger partial charge >= 0.3 is 0 Å². The largest absolute Gasteiger partial charge is 0.368 e. The zero-order chi connectivity index (χ0) is 19.6. The van der Waals surface area contributed by atoms with Crippen molar-refractivity contribution in [3.05, 3.63) is 28.7 Å². The number of benzene rings is 1. The monoisotopic (exact) mass is 437 g/mol. The number of nitrogens with zero attached hydrogens (tertiary/aromatic N) is 2. The summed E-state index contributed by atoms with van der Waals surface area (Å²) in [5, 5.41) is 9.77. The molecule has 0 radical (unpaired) electrons. The van der Waals surface area contributed by atoms with E-state index in [-0.39, 0.29) is 11.9 Å². The number of amides is 1. The molecule has 0 aromatic heterocycles. The highest BCUT2D eigenvalue weighted by Gasteiger charge is 2.24. The van der Waals surface area contributed by atoms with Gasteiger partial charge in [0.25, 0.3) is 0 Å². The fourth-order valence-corrected chi connectivity index (χ4v) is 3.57. The molecule has 1 saturated heterocycles. The van der Waals surface area contributed by atoms with E-state index in [1.807, 2.05) is 13.0 Å². The van der Waals surface area contributed by atoms with Crippen molar-refractivity contribution in [2.24, 2.45) is 4.99 Å². The molecular formula is C20H32BrN5O. The van der Waals surface area contributed by atoms with Gasteiger partial charge in [0.05, 0.1) is 12.2 Å². The number of rotatable bonds is 8. The quantitative estimate of drug-likeness (QED) is 0.431. The summed E-state index contributed by atoms with van der Waals surface area (Å²) in [5.74, 6) is 0.845. The summed E-state index contributed by atoms with van der Waals surface area (Å²) in [7, 11) is 0. The number of carbonyl (C=O) groups is 1. The Morgan fingerprint density at radius 1 is 1.37 bits per heavy atom. The molecule has 6 nitrogen and oxygen atoms in total. The number of carbonyl (C=O) groups excluding carboxylic acids is 1. The van der Waals surface area contributed by atoms with Gasteiger partial charge in [-0.05, 0) is 54.8 Å². The lowest BCUT2D eigenvalue weighted by molar-refractivity contribution is -0.121. The molecule has 2 unspecified atom stereocenters. The van der Waals surface area contributed by atoms with Crippen molar-refractivity contribution in [3.8, 4) is 0 Å². The molecule has 1 aliphatic heterocycles. The van der Waals surface area contributed by atoms with E-state index in [4.69, 9.17) is 0 Å². The lowest BCUT2D eigenvalue weighted by atomic mass is 10.2. The molecule has 0 spiro atoms. The third-order valence-corrected chi connectivity index (χ3v) is 5.37. The standard InChI is InChI=1S/C20H32BrN5O/c1-4-15(3)24-19(27)10-12-23-20(22-5-2)25-16-11-13-26(14-16)18-9-7-6-8-17(18)21/h6-9,15-16H,4-5,10-14H2,1-3H3,(H,24,27)(H2,22,23,25). The van der Waals surface area contributed by atoms with Crippen LogP contribution in [0.15, 0.2) is 33.7 Å². The molecule has 1 heterocycles. The number of aliphatic imine (C=N–C) groups is 1. The molecule has 2 atom stereocenters. The van der Waals surface area contributed by atoms with E-state index in [2.05, 4.69) is 73.8 Å². The van der Waals surface area contributed by atoms with E-state index in [0.29, 0.717) is 19.0 Å². The Balaban J connectivity index is 1.85. The summed E-state index contributed by atoms with van der Waals surface area (Å²) >= 11 is 3.64. The summed E-state index contributed by atoms with van der Waals surface area (Å²) < 4.78 is 1.12. The summed E-state index contributed by atoms with van der Waals surface area (Å²) in [6.07, 6.45) is 2.41. The molecule has 0 bridgehead atoms. The van der Waals surface area contributed by atoms with Crippen LogP contribution in [0.4, 0.5) is 5.69 Å². The van der Waals surface area contributed by atoms with Gasteiger partial charge in [-0.15, -0.1) is 0 Å². The Hall–Kier alpha value is -1.76. The minimum atomic E-state index is 0.0601. The molecule has 1 amide bonds. The summed E-state index contributed by atoms with van der Waals surface area (Å²) in [6.45, 7) is 9.36. The second kappa shape index (κ2) is 11.2. The van der Waals surface area contributed by atoms with E-state index < -0.39 is 0 Å². The van der Waals surface area contributed by atoms with Crippen LogP contribution in [0.25, 0.3) is 0 Å². The molecule has 1 aromatic carbocycles. The highest BCUT2D eigenvalue weighted by atomic mass is 79.9. The molecule has 2 rings (SSSR count). The maximum Gasteiger partial charge on any atom is 0.222 e. The molecular weight excluding hydrogens is 406 g/mol. The van der Waals surface area contributed by atoms with Crippen LogP contribution in [-0.4, -0.2) is 50.1 Å². The van der Waals surface area contributed by atoms with Gasteiger partial charge in [-0.2, -0.15) is 0 Å². The van der Waals surface area contributed by atoms with Crippen LogP contribution in [-0.2, 0) is 4.79 Å². The molecule has 7 heteroatoms. The number of halogens is 1. The number of hydrogen-bond donors (Lipinski definition) is 3. The molecule has 27 heavy (non-hydrogen) atoms. The predicted molar refractivity (Wildman–Crippen MR) is 116 cm³/mol. The van der Waals surface area contributed by atoms with Crippen molar-refractivity contribution < 1.29 is 4.79 Å². The molecule has 1 fully saturated rings. The van der Waals surface area contributed by atoms with Crippen LogP contribution in [0.2, 0.25) is 0 Å². The predicted octanol–water partition coefficient (Wildman–Crippen LogP) is 2.89. The fraction of sp³-hybridized carbons (Fsp3) is 0.600. The Morgan fingerprint density at radius 3 is 2.85 bits per heavy atom. The van der Waals surface area contributed by atoms with Gasteiger partial charge < -0.3 is 20.9 Å². The Morgan fingerprint density at radius 2 is 2.15 bits per heavy atom. The third kappa shape index (κ3) is 7.05. The van der Waals surface area contributed by atoms with Gasteiger partial charge in [0, 0.05) is 42.6 Å². The first-order valence-corrected chi connectivity index (χ1v) is 10.7. The molecule has 150 valence electrons. The molecule has 0 saturated carbocycles. The van der Waals surface area contributed by atoms with Gasteiger partial charge in [0.15, 0.2) is 5.96 Å². The van der Waals surface area contributed by atoms with Crippen molar-refractivity contribution in [3.63, 3.8) is 0 Å². The Labute approximate surface area is 171 Å². The lowest BCUT2D eigenvalue weighted by Gasteiger charge is -2.21. The van der Waals surface area contributed by atoms with E-state index in [1.165, 1.54) is 5.69 Å². The van der Waals surface area contributed by atoms with Gasteiger partial charge in [-0.25, -0.2) is 0 Å². The van der Waals surface area contributed by atoms with Crippen molar-refractivity contribution >= 4 is 33.5 Å². The van der Waals surface area contributed by atoms with E-state index in [0.717, 1.165) is 42.9 Å². The van der Waals surface area contributed by atoms with Gasteiger partial charge in [-0.3, -0.25) is 9.79 Å². The lowest BCUT2D eigenvalue weighted by Crippen LogP contribution is -2.44. The first-order chi connectivity index (χ1) is 13.0. The van der Waals surface area contributed by atoms with Crippen LogP contribution in [0.3, 0.4) is 0 Å². The molecule has 3 N–H and O–H groups in total. The average Bonchev–Trinajstić information content (AvgIpc) is 3.10. The SMILES string of the molecule is CCNC(=NCCC(=O)NC(C)CC)NC1CCN(c2ccccc2Br)C1. The normalized spacial score (nSPS) is 18.3. The smallest absolute Gasteiger partial charge is 0.222 e. The van der Waals surface area contributed by atoms with Gasteiger partial charge in [0.1, 0.15) is 0 Å². The van der Waals surface area contributed by atoms with Gasteiger partial charge in [-0.1, -0.05) is 19.1 Å². The summed E-state index contributed by atoms with van der Waals surface area (Å²) in [4.78, 5) is 18.8. The zero-order valence-electron chi connectivity index (χ0n) is 16.6. The van der Waals surface area contributed by atoms with Crippen molar-refractivity contribution in [1.82, 2.24) is 16.0 Å². The van der Waals surface area contributed by atoms with Gasteiger partial charge in [0.2, 0.25) is 5.91 Å². The van der Waals surface area contributed by atoms with E-state index in [9.17, 15) is 4.79 Å². The van der Waals surface area contributed by atoms with E-state index >= 15 is 0 Å². The van der Waals surface area contributed by atoms with Crippen LogP contribution in [0.5, 0.6) is 0 Å². The van der Waals surface area contributed by atoms with Crippen molar-refractivity contribution in [2.45, 2.75) is 52.1 Å². The number of para-hydroxylation sites is 1. The number of guanidine groups is 1. The van der Waals surface area contributed by atoms with Crippen LogP contribution >= 0.6 is 15.9 Å². The fourth-order valence-electron chi connectivity index (χ4n) is 3.04. The number of nitrogens with one attached hydrogen (secondary N) is 3. The molecule has 0 aliphatic carbocycles. The van der Waals surface area contributed by atoms with Crippen molar-refractivity contribution in [2.75, 3.05) is 31.1 Å². The van der Waals surface area contributed by atoms with Crippen molar-refractivity contribution in [1.29, 1.82) is 0 Å². The van der Waals surface area contributed by atoms with Crippen LogP contribution in [0.1, 0.15) is 40.0 Å². The zero-order valence-corrected chi connectivity index (χ0v) is 18.2. The minimum Gasteiger partial charge on any atom is -0.368 e. The first-order valence-electron chi connectivity index (χ1n) is 9.87.